The van der Waals surface area contributed by atoms with Gasteiger partial charge in [-0.15, -0.1) is 0 Å². The van der Waals surface area contributed by atoms with Crippen LogP contribution in [-0.2, 0) is 11.8 Å². The molecule has 2 rings (SSSR count). The number of hydrogen-bond acceptors (Lipinski definition) is 4. The lowest BCUT2D eigenvalue weighted by Crippen LogP contribution is -2.46. The van der Waals surface area contributed by atoms with Gasteiger partial charge in [-0.25, -0.2) is 4.79 Å². The third kappa shape index (κ3) is 2.20. The molecular weight excluding hydrogens is 234 g/mol. The molecule has 1 saturated heterocycles. The average molecular weight is 253 g/mol. The first-order valence-electron chi connectivity index (χ1n) is 6.07. The third-order valence-electron chi connectivity index (χ3n) is 3.12. The predicted octanol–water partition coefficient (Wildman–Crippen LogP) is 1.04. The molecule has 2 heterocycles. The second-order valence-corrected chi connectivity index (χ2v) is 4.88. The van der Waals surface area contributed by atoms with Crippen LogP contribution in [0.5, 0.6) is 0 Å². The highest BCUT2D eigenvalue weighted by atomic mass is 16.5. The zero-order valence-electron chi connectivity index (χ0n) is 11.2. The van der Waals surface area contributed by atoms with Crippen molar-refractivity contribution in [3.8, 4) is 0 Å². The number of ether oxygens (including phenoxy) is 1. The van der Waals surface area contributed by atoms with Crippen molar-refractivity contribution in [3.05, 3.63) is 11.3 Å². The van der Waals surface area contributed by atoms with Gasteiger partial charge in [-0.05, 0) is 20.8 Å². The summed E-state index contributed by atoms with van der Waals surface area (Å²) in [5.41, 5.74) is 0.839. The molecule has 1 aromatic rings. The van der Waals surface area contributed by atoms with E-state index in [1.807, 2.05) is 18.7 Å². The monoisotopic (exact) mass is 253 g/mol. The van der Waals surface area contributed by atoms with Crippen LogP contribution in [-0.4, -0.2) is 46.2 Å². The topological polar surface area (TPSA) is 67.6 Å². The number of rotatable bonds is 2. The number of carboxylic acids is 1. The van der Waals surface area contributed by atoms with Crippen LogP contribution in [0.1, 0.15) is 29.9 Å². The van der Waals surface area contributed by atoms with E-state index in [0.29, 0.717) is 30.2 Å². The fraction of sp³-hybridized carbons (Fsp3) is 0.667. The van der Waals surface area contributed by atoms with Crippen LogP contribution in [0.2, 0.25) is 0 Å². The van der Waals surface area contributed by atoms with E-state index in [2.05, 4.69) is 5.10 Å². The van der Waals surface area contributed by atoms with Gasteiger partial charge in [-0.3, -0.25) is 4.68 Å². The van der Waals surface area contributed by atoms with E-state index >= 15 is 0 Å². The summed E-state index contributed by atoms with van der Waals surface area (Å²) in [6.45, 7) is 7.08. The Morgan fingerprint density at radius 1 is 1.39 bits per heavy atom. The molecule has 0 radical (unpaired) electrons. The minimum atomic E-state index is -0.928. The number of nitrogens with zero attached hydrogens (tertiary/aromatic N) is 3. The summed E-state index contributed by atoms with van der Waals surface area (Å²) in [6.07, 6.45) is 0.177. The zero-order chi connectivity index (χ0) is 13.4. The standard InChI is InChI=1S/C12H19N3O3/c1-7-5-15(6-8(2)18-7)11-10(12(16)17)9(3)13-14(11)4/h7-8H,5-6H2,1-4H3,(H,16,17). The van der Waals surface area contributed by atoms with Gasteiger partial charge in [0, 0.05) is 20.1 Å². The van der Waals surface area contributed by atoms with Crippen LogP contribution in [0.3, 0.4) is 0 Å². The molecule has 0 amide bonds. The number of aromatic carboxylic acids is 1. The van der Waals surface area contributed by atoms with Gasteiger partial charge in [-0.1, -0.05) is 0 Å². The maximum Gasteiger partial charge on any atom is 0.341 e. The molecule has 1 N–H and O–H groups in total. The van der Waals surface area contributed by atoms with Crippen molar-refractivity contribution in [1.29, 1.82) is 0 Å². The van der Waals surface area contributed by atoms with E-state index in [-0.39, 0.29) is 12.2 Å². The van der Waals surface area contributed by atoms with Crippen molar-refractivity contribution in [2.24, 2.45) is 7.05 Å². The van der Waals surface area contributed by atoms with E-state index in [4.69, 9.17) is 4.74 Å². The van der Waals surface area contributed by atoms with E-state index in [1.165, 1.54) is 0 Å². The lowest BCUT2D eigenvalue weighted by molar-refractivity contribution is -0.00575. The largest absolute Gasteiger partial charge is 0.477 e. The molecule has 6 heteroatoms. The Morgan fingerprint density at radius 2 is 1.94 bits per heavy atom. The van der Waals surface area contributed by atoms with Crippen LogP contribution < -0.4 is 4.90 Å². The molecule has 0 bridgehead atoms. The molecular formula is C12H19N3O3. The predicted molar refractivity (Wildman–Crippen MR) is 67.1 cm³/mol. The molecule has 1 fully saturated rings. The number of carboxylic acid groups (broad SMARTS) is 1. The normalized spacial score (nSPS) is 24.3. The van der Waals surface area contributed by atoms with Crippen LogP contribution in [0, 0.1) is 6.92 Å². The van der Waals surface area contributed by atoms with Gasteiger partial charge in [-0.2, -0.15) is 5.10 Å². The Morgan fingerprint density at radius 3 is 2.44 bits per heavy atom. The molecule has 2 atom stereocenters. The molecule has 6 nitrogen and oxygen atoms in total. The Hall–Kier alpha value is -1.56. The number of aryl methyl sites for hydroxylation is 2. The summed E-state index contributed by atoms with van der Waals surface area (Å²) in [5, 5.41) is 13.5. The lowest BCUT2D eigenvalue weighted by atomic mass is 10.2. The van der Waals surface area contributed by atoms with E-state index < -0.39 is 5.97 Å². The van der Waals surface area contributed by atoms with Crippen molar-refractivity contribution in [3.63, 3.8) is 0 Å². The summed E-state index contributed by atoms with van der Waals surface area (Å²) < 4.78 is 7.31. The smallest absolute Gasteiger partial charge is 0.341 e. The van der Waals surface area contributed by atoms with Gasteiger partial charge in [0.05, 0.1) is 17.9 Å². The Kier molecular flexibility index (Phi) is 3.30. The second kappa shape index (κ2) is 4.61. The highest BCUT2D eigenvalue weighted by Gasteiger charge is 2.29. The first-order valence-corrected chi connectivity index (χ1v) is 6.07. The molecule has 0 aromatic carbocycles. The molecule has 0 aliphatic carbocycles. The van der Waals surface area contributed by atoms with Gasteiger partial charge in [0.1, 0.15) is 11.4 Å². The van der Waals surface area contributed by atoms with Crippen molar-refractivity contribution in [2.45, 2.75) is 33.0 Å². The fourth-order valence-electron chi connectivity index (χ4n) is 2.61. The summed E-state index contributed by atoms with van der Waals surface area (Å²) in [4.78, 5) is 13.4. The van der Waals surface area contributed by atoms with Crippen LogP contribution in [0.15, 0.2) is 0 Å². The number of anilines is 1. The molecule has 100 valence electrons. The number of aromatic nitrogens is 2. The second-order valence-electron chi connectivity index (χ2n) is 4.88. The highest BCUT2D eigenvalue weighted by Crippen LogP contribution is 2.26. The molecule has 0 spiro atoms. The van der Waals surface area contributed by atoms with Gasteiger partial charge >= 0.3 is 5.97 Å². The molecule has 2 unspecified atom stereocenters. The van der Waals surface area contributed by atoms with Gasteiger partial charge in [0.15, 0.2) is 0 Å². The molecule has 1 aliphatic heterocycles. The fourth-order valence-corrected chi connectivity index (χ4v) is 2.61. The van der Waals surface area contributed by atoms with Crippen molar-refractivity contribution in [2.75, 3.05) is 18.0 Å². The summed E-state index contributed by atoms with van der Waals surface area (Å²) in [7, 11) is 1.78. The minimum absolute atomic E-state index is 0.0885. The van der Waals surface area contributed by atoms with Crippen molar-refractivity contribution >= 4 is 11.8 Å². The first kappa shape index (κ1) is 12.9. The Labute approximate surface area is 106 Å². The maximum atomic E-state index is 11.4. The van der Waals surface area contributed by atoms with Gasteiger partial charge in [0.2, 0.25) is 0 Å². The van der Waals surface area contributed by atoms with E-state index in [9.17, 15) is 9.90 Å². The first-order chi connectivity index (χ1) is 8.40. The summed E-state index contributed by atoms with van der Waals surface area (Å²) in [5.74, 6) is -0.260. The van der Waals surface area contributed by atoms with Crippen LogP contribution in [0.4, 0.5) is 5.82 Å². The Bertz CT molecular complexity index is 459. The molecule has 1 aromatic heterocycles. The van der Waals surface area contributed by atoms with Crippen molar-refractivity contribution in [1.82, 2.24) is 9.78 Å². The SMILES string of the molecule is Cc1nn(C)c(N2CC(C)OC(C)C2)c1C(=O)O. The molecule has 1 aliphatic rings. The minimum Gasteiger partial charge on any atom is -0.477 e. The maximum absolute atomic E-state index is 11.4. The lowest BCUT2D eigenvalue weighted by Gasteiger charge is -2.36. The Balaban J connectivity index is 2.41. The number of morpholine rings is 1. The molecule has 18 heavy (non-hydrogen) atoms. The molecule has 0 saturated carbocycles. The quantitative estimate of drug-likeness (QED) is 0.853. The zero-order valence-corrected chi connectivity index (χ0v) is 11.2. The van der Waals surface area contributed by atoms with Gasteiger partial charge in [0.25, 0.3) is 0 Å². The van der Waals surface area contributed by atoms with Crippen LogP contribution >= 0.6 is 0 Å². The average Bonchev–Trinajstić information content (AvgIpc) is 2.51. The van der Waals surface area contributed by atoms with E-state index in [0.717, 1.165) is 0 Å². The number of carbonyl (C=O) groups is 1. The van der Waals surface area contributed by atoms with Crippen LogP contribution in [0.25, 0.3) is 0 Å². The van der Waals surface area contributed by atoms with E-state index in [1.54, 1.807) is 18.7 Å². The highest BCUT2D eigenvalue weighted by molar-refractivity contribution is 5.94. The third-order valence-corrected chi connectivity index (χ3v) is 3.12. The van der Waals surface area contributed by atoms with Crippen molar-refractivity contribution < 1.29 is 14.6 Å². The summed E-state index contributed by atoms with van der Waals surface area (Å²) >= 11 is 0. The van der Waals surface area contributed by atoms with Gasteiger partial charge < -0.3 is 14.7 Å². The number of hydrogen-bond donors (Lipinski definition) is 1. The summed E-state index contributed by atoms with van der Waals surface area (Å²) in [6, 6.07) is 0.